The standard InChI is InChI=1S/C19H22F3N5O3S/c1-10-16(11(2)30-26-10)12-7-14-17(25-18(24-14)23-9-19(20,21)22)15(8-12)31(28,29)27-13-5-3-4-6-13/h7-8,13,27H,3-6,9H2,1-2H3,(H2,23,24,25). The lowest BCUT2D eigenvalue weighted by atomic mass is 10.0. The molecule has 3 N–H and O–H groups in total. The largest absolute Gasteiger partial charge is 0.405 e. The molecule has 168 valence electrons. The predicted molar refractivity (Wildman–Crippen MR) is 108 cm³/mol. The molecule has 0 aliphatic heterocycles. The van der Waals surface area contributed by atoms with Crippen molar-refractivity contribution in [2.24, 2.45) is 0 Å². The fourth-order valence-electron chi connectivity index (χ4n) is 3.92. The van der Waals surface area contributed by atoms with Crippen LogP contribution < -0.4 is 10.0 Å². The number of H-pyrrole nitrogens is 1. The summed E-state index contributed by atoms with van der Waals surface area (Å²) in [4.78, 5) is 6.74. The van der Waals surface area contributed by atoms with Gasteiger partial charge in [0.05, 0.1) is 11.2 Å². The van der Waals surface area contributed by atoms with Crippen LogP contribution in [-0.2, 0) is 10.0 Å². The van der Waals surface area contributed by atoms with E-state index in [4.69, 9.17) is 4.52 Å². The van der Waals surface area contributed by atoms with Crippen molar-refractivity contribution >= 4 is 27.0 Å². The van der Waals surface area contributed by atoms with E-state index in [9.17, 15) is 21.6 Å². The molecule has 0 spiro atoms. The van der Waals surface area contributed by atoms with Crippen molar-refractivity contribution in [3.63, 3.8) is 0 Å². The van der Waals surface area contributed by atoms with Gasteiger partial charge in [0.15, 0.2) is 0 Å². The number of imidazole rings is 1. The van der Waals surface area contributed by atoms with Crippen LogP contribution in [0.4, 0.5) is 19.1 Å². The molecule has 2 aromatic heterocycles. The van der Waals surface area contributed by atoms with Crippen molar-refractivity contribution in [3.05, 3.63) is 23.6 Å². The smallest absolute Gasteiger partial charge is 0.361 e. The first kappa shape index (κ1) is 21.6. The molecule has 0 saturated heterocycles. The van der Waals surface area contributed by atoms with Crippen molar-refractivity contribution in [2.45, 2.75) is 56.6 Å². The molecule has 1 aromatic carbocycles. The van der Waals surface area contributed by atoms with Gasteiger partial charge in [-0.25, -0.2) is 18.1 Å². The van der Waals surface area contributed by atoms with Crippen LogP contribution in [0.5, 0.6) is 0 Å². The van der Waals surface area contributed by atoms with Gasteiger partial charge in [0.1, 0.15) is 22.7 Å². The van der Waals surface area contributed by atoms with Crippen LogP contribution >= 0.6 is 0 Å². The summed E-state index contributed by atoms with van der Waals surface area (Å²) in [6.07, 6.45) is -1.08. The number of alkyl halides is 3. The van der Waals surface area contributed by atoms with Gasteiger partial charge in [0, 0.05) is 11.6 Å². The zero-order valence-corrected chi connectivity index (χ0v) is 17.7. The second-order valence-electron chi connectivity index (χ2n) is 7.73. The number of sulfonamides is 1. The Hall–Kier alpha value is -2.60. The summed E-state index contributed by atoms with van der Waals surface area (Å²) in [7, 11) is -3.97. The summed E-state index contributed by atoms with van der Waals surface area (Å²) >= 11 is 0. The summed E-state index contributed by atoms with van der Waals surface area (Å²) in [6.45, 7) is 2.13. The van der Waals surface area contributed by atoms with Gasteiger partial charge in [-0.05, 0) is 44.4 Å². The fraction of sp³-hybridized carbons (Fsp3) is 0.474. The number of benzene rings is 1. The molecule has 1 aliphatic carbocycles. The Kier molecular flexibility index (Phi) is 5.46. The summed E-state index contributed by atoms with van der Waals surface area (Å²) in [5.41, 5.74) is 2.05. The number of halogens is 3. The third kappa shape index (κ3) is 4.54. The molecule has 0 bridgehead atoms. The maximum Gasteiger partial charge on any atom is 0.405 e. The molecule has 1 aliphatic rings. The molecule has 1 fully saturated rings. The summed E-state index contributed by atoms with van der Waals surface area (Å²) in [5.74, 6) is 0.333. The van der Waals surface area contributed by atoms with Crippen molar-refractivity contribution in [3.8, 4) is 11.1 Å². The van der Waals surface area contributed by atoms with E-state index in [0.717, 1.165) is 25.7 Å². The zero-order chi connectivity index (χ0) is 22.4. The minimum atomic E-state index is -4.44. The van der Waals surface area contributed by atoms with Gasteiger partial charge in [-0.3, -0.25) is 0 Å². The average molecular weight is 457 g/mol. The minimum Gasteiger partial charge on any atom is -0.361 e. The molecule has 0 unspecified atom stereocenters. The monoisotopic (exact) mass is 457 g/mol. The molecule has 0 atom stereocenters. The summed E-state index contributed by atoms with van der Waals surface area (Å²) in [5, 5.41) is 6.07. The molecule has 8 nitrogen and oxygen atoms in total. The Bertz CT molecular complexity index is 1190. The van der Waals surface area contributed by atoms with E-state index in [0.29, 0.717) is 22.6 Å². The van der Waals surface area contributed by atoms with Crippen LogP contribution in [0.3, 0.4) is 0 Å². The number of nitrogens with zero attached hydrogens (tertiary/aromatic N) is 2. The number of fused-ring (bicyclic) bond motifs is 1. The number of aromatic nitrogens is 3. The Balaban J connectivity index is 1.83. The number of anilines is 1. The van der Waals surface area contributed by atoms with Crippen LogP contribution in [0.15, 0.2) is 21.6 Å². The van der Waals surface area contributed by atoms with Gasteiger partial charge >= 0.3 is 6.18 Å². The van der Waals surface area contributed by atoms with E-state index < -0.39 is 22.7 Å². The number of hydrogen-bond acceptors (Lipinski definition) is 6. The van der Waals surface area contributed by atoms with Gasteiger partial charge in [0.25, 0.3) is 0 Å². The molecular weight excluding hydrogens is 435 g/mol. The number of hydrogen-bond donors (Lipinski definition) is 3. The lowest BCUT2D eigenvalue weighted by molar-refractivity contribution is -0.115. The second kappa shape index (κ2) is 7.83. The third-order valence-corrected chi connectivity index (χ3v) is 6.83. The highest BCUT2D eigenvalue weighted by atomic mass is 32.2. The molecule has 4 rings (SSSR count). The van der Waals surface area contributed by atoms with Crippen LogP contribution in [0.2, 0.25) is 0 Å². The summed E-state index contributed by atoms with van der Waals surface area (Å²) < 4.78 is 72.2. The van der Waals surface area contributed by atoms with Crippen LogP contribution in [0.1, 0.15) is 37.1 Å². The van der Waals surface area contributed by atoms with E-state index in [1.807, 2.05) is 0 Å². The average Bonchev–Trinajstić information content (AvgIpc) is 3.39. The van der Waals surface area contributed by atoms with Crippen LogP contribution in [0.25, 0.3) is 22.2 Å². The highest BCUT2D eigenvalue weighted by molar-refractivity contribution is 7.89. The van der Waals surface area contributed by atoms with Crippen molar-refractivity contribution in [2.75, 3.05) is 11.9 Å². The maximum atomic E-state index is 13.2. The topological polar surface area (TPSA) is 113 Å². The Morgan fingerprint density at radius 3 is 2.55 bits per heavy atom. The van der Waals surface area contributed by atoms with E-state index in [1.54, 1.807) is 19.9 Å². The van der Waals surface area contributed by atoms with Crippen molar-refractivity contribution in [1.29, 1.82) is 0 Å². The third-order valence-electron chi connectivity index (χ3n) is 5.30. The molecule has 31 heavy (non-hydrogen) atoms. The van der Waals surface area contributed by atoms with Crippen LogP contribution in [0, 0.1) is 13.8 Å². The highest BCUT2D eigenvalue weighted by Crippen LogP contribution is 2.34. The molecule has 0 amide bonds. The van der Waals surface area contributed by atoms with Gasteiger partial charge in [-0.1, -0.05) is 18.0 Å². The molecule has 2 heterocycles. The molecule has 0 radical (unpaired) electrons. The van der Waals surface area contributed by atoms with Gasteiger partial charge in [-0.2, -0.15) is 13.2 Å². The molecule has 3 aromatic rings. The van der Waals surface area contributed by atoms with Crippen molar-refractivity contribution in [1.82, 2.24) is 19.8 Å². The first-order valence-corrected chi connectivity index (χ1v) is 11.3. The summed E-state index contributed by atoms with van der Waals surface area (Å²) in [6, 6.07) is 2.91. The Morgan fingerprint density at radius 2 is 1.94 bits per heavy atom. The van der Waals surface area contributed by atoms with Gasteiger partial charge < -0.3 is 14.8 Å². The minimum absolute atomic E-state index is 0.0608. The molecule has 1 saturated carbocycles. The number of aryl methyl sites for hydroxylation is 2. The lowest BCUT2D eigenvalue weighted by Crippen LogP contribution is -2.32. The van der Waals surface area contributed by atoms with E-state index in [1.165, 1.54) is 6.07 Å². The maximum absolute atomic E-state index is 13.2. The van der Waals surface area contributed by atoms with Gasteiger partial charge in [0.2, 0.25) is 16.0 Å². The molecule has 12 heteroatoms. The van der Waals surface area contributed by atoms with E-state index in [-0.39, 0.29) is 27.9 Å². The van der Waals surface area contributed by atoms with Gasteiger partial charge in [-0.15, -0.1) is 0 Å². The lowest BCUT2D eigenvalue weighted by Gasteiger charge is -2.14. The quantitative estimate of drug-likeness (QED) is 0.515. The fourth-order valence-corrected chi connectivity index (χ4v) is 5.42. The zero-order valence-electron chi connectivity index (χ0n) is 16.9. The Labute approximate surface area is 176 Å². The number of rotatable bonds is 6. The predicted octanol–water partition coefficient (Wildman–Crippen LogP) is 4.03. The number of nitrogens with one attached hydrogen (secondary N) is 3. The van der Waals surface area contributed by atoms with E-state index >= 15 is 0 Å². The highest BCUT2D eigenvalue weighted by Gasteiger charge is 2.29. The van der Waals surface area contributed by atoms with E-state index in [2.05, 4.69) is 25.2 Å². The number of aromatic amines is 1. The van der Waals surface area contributed by atoms with Crippen molar-refractivity contribution < 1.29 is 26.1 Å². The Morgan fingerprint density at radius 1 is 1.23 bits per heavy atom. The first-order valence-electron chi connectivity index (χ1n) is 9.83. The first-order chi connectivity index (χ1) is 14.5. The normalized spacial score (nSPS) is 15.8. The second-order valence-corrected chi connectivity index (χ2v) is 9.41. The SMILES string of the molecule is Cc1noc(C)c1-c1cc(S(=O)(=O)NC2CCCC2)c2nc(NCC(F)(F)F)[nH]c2c1. The molecular formula is C19H22F3N5O3S. The van der Waals surface area contributed by atoms with Crippen LogP contribution in [-0.4, -0.2) is 42.3 Å².